The highest BCUT2D eigenvalue weighted by Crippen LogP contribution is 2.29. The fourth-order valence-electron chi connectivity index (χ4n) is 2.27. The molecular weight excluding hydrogens is 314 g/mol. The number of ether oxygens (including phenoxy) is 2. The smallest absolute Gasteiger partial charge is 0.343 e. The summed E-state index contributed by atoms with van der Waals surface area (Å²) in [5.41, 5.74) is 2.44. The molecule has 2 rings (SSSR count). The normalized spacial score (nSPS) is 11.2. The van der Waals surface area contributed by atoms with Crippen LogP contribution in [-0.4, -0.2) is 13.1 Å². The minimum Gasteiger partial charge on any atom is -0.493 e. The van der Waals surface area contributed by atoms with Crippen LogP contribution in [0.5, 0.6) is 11.5 Å². The summed E-state index contributed by atoms with van der Waals surface area (Å²) in [7, 11) is 1.50. The molecule has 0 fully saturated rings. The molecule has 0 bridgehead atoms. The molecule has 2 aromatic rings. The summed E-state index contributed by atoms with van der Waals surface area (Å²) >= 11 is 0. The van der Waals surface area contributed by atoms with Crippen LogP contribution in [0.2, 0.25) is 0 Å². The number of carbonyl (C=O) groups excluding carboxylic acids is 1. The third-order valence-corrected chi connectivity index (χ3v) is 3.73. The Morgan fingerprint density at radius 2 is 1.76 bits per heavy atom. The third-order valence-electron chi connectivity index (χ3n) is 3.73. The van der Waals surface area contributed by atoms with Gasteiger partial charge in [0.15, 0.2) is 11.5 Å². The van der Waals surface area contributed by atoms with Crippen molar-refractivity contribution in [1.29, 1.82) is 5.26 Å². The van der Waals surface area contributed by atoms with Crippen LogP contribution >= 0.6 is 0 Å². The summed E-state index contributed by atoms with van der Waals surface area (Å²) < 4.78 is 10.7. The second-order valence-electron chi connectivity index (χ2n) is 6.59. The highest BCUT2D eigenvalue weighted by Gasteiger charge is 2.16. The van der Waals surface area contributed by atoms with Gasteiger partial charge in [-0.2, -0.15) is 5.26 Å². The van der Waals surface area contributed by atoms with Crippen LogP contribution in [-0.2, 0) is 5.41 Å². The van der Waals surface area contributed by atoms with Gasteiger partial charge in [-0.15, -0.1) is 0 Å². The average Bonchev–Trinajstić information content (AvgIpc) is 2.60. The van der Waals surface area contributed by atoms with Gasteiger partial charge in [0.2, 0.25) is 0 Å². The average molecular weight is 335 g/mol. The second kappa shape index (κ2) is 7.67. The van der Waals surface area contributed by atoms with E-state index in [9.17, 15) is 4.79 Å². The Balaban J connectivity index is 2.20. The summed E-state index contributed by atoms with van der Waals surface area (Å²) in [6.45, 7) is 6.36. The van der Waals surface area contributed by atoms with Crippen molar-refractivity contribution in [3.63, 3.8) is 0 Å². The number of nitrogens with zero attached hydrogens (tertiary/aromatic N) is 1. The first-order valence-electron chi connectivity index (χ1n) is 7.92. The number of hydrogen-bond donors (Lipinski definition) is 0. The van der Waals surface area contributed by atoms with Crippen molar-refractivity contribution in [3.8, 4) is 17.6 Å². The van der Waals surface area contributed by atoms with E-state index in [1.54, 1.807) is 36.4 Å². The fraction of sp³-hybridized carbons (Fsp3) is 0.238. The van der Waals surface area contributed by atoms with Gasteiger partial charge in [-0.05, 0) is 46.9 Å². The first-order chi connectivity index (χ1) is 11.8. The molecule has 0 spiro atoms. The first kappa shape index (κ1) is 18.3. The zero-order valence-corrected chi connectivity index (χ0v) is 14.9. The minimum atomic E-state index is -0.445. The van der Waals surface area contributed by atoms with Crippen LogP contribution in [0.4, 0.5) is 0 Å². The Morgan fingerprint density at radius 1 is 1.08 bits per heavy atom. The van der Waals surface area contributed by atoms with E-state index in [-0.39, 0.29) is 5.41 Å². The second-order valence-corrected chi connectivity index (χ2v) is 6.59. The zero-order chi connectivity index (χ0) is 18.4. The Bertz CT molecular complexity index is 822. The van der Waals surface area contributed by atoms with Crippen LogP contribution in [0.1, 0.15) is 42.3 Å². The molecule has 0 atom stereocenters. The lowest BCUT2D eigenvalue weighted by Gasteiger charge is -2.19. The quantitative estimate of drug-likeness (QED) is 0.460. The van der Waals surface area contributed by atoms with Crippen molar-refractivity contribution in [2.24, 2.45) is 0 Å². The van der Waals surface area contributed by atoms with E-state index in [4.69, 9.17) is 14.7 Å². The van der Waals surface area contributed by atoms with E-state index in [2.05, 4.69) is 20.8 Å². The number of esters is 1. The van der Waals surface area contributed by atoms with E-state index in [0.29, 0.717) is 17.1 Å². The predicted molar refractivity (Wildman–Crippen MR) is 97.7 cm³/mol. The van der Waals surface area contributed by atoms with Crippen LogP contribution in [0.25, 0.3) is 6.08 Å². The first-order valence-corrected chi connectivity index (χ1v) is 7.92. The van der Waals surface area contributed by atoms with Gasteiger partial charge in [0.05, 0.1) is 18.7 Å². The Labute approximate surface area is 148 Å². The topological polar surface area (TPSA) is 59.3 Å². The van der Waals surface area contributed by atoms with Crippen molar-refractivity contribution < 1.29 is 14.3 Å². The van der Waals surface area contributed by atoms with Crippen molar-refractivity contribution in [2.45, 2.75) is 26.2 Å². The molecule has 4 nitrogen and oxygen atoms in total. The molecule has 0 aliphatic heterocycles. The molecule has 0 saturated carbocycles. The summed E-state index contributed by atoms with van der Waals surface area (Å²) in [5.74, 6) is 0.320. The molecule has 0 heterocycles. The highest BCUT2D eigenvalue weighted by molar-refractivity contribution is 5.91. The molecule has 0 radical (unpaired) electrons. The van der Waals surface area contributed by atoms with Crippen LogP contribution in [0.15, 0.2) is 48.5 Å². The van der Waals surface area contributed by atoms with Crippen LogP contribution < -0.4 is 9.47 Å². The monoisotopic (exact) mass is 335 g/mol. The molecule has 4 heteroatoms. The lowest BCUT2D eigenvalue weighted by molar-refractivity contribution is 0.0729. The Kier molecular flexibility index (Phi) is 5.61. The molecule has 128 valence electrons. The maximum absolute atomic E-state index is 12.4. The lowest BCUT2D eigenvalue weighted by Crippen LogP contribution is -2.13. The van der Waals surface area contributed by atoms with Gasteiger partial charge in [-0.3, -0.25) is 0 Å². The van der Waals surface area contributed by atoms with Gasteiger partial charge in [0.25, 0.3) is 0 Å². The van der Waals surface area contributed by atoms with E-state index in [0.717, 1.165) is 11.1 Å². The molecule has 2 aromatic carbocycles. The predicted octanol–water partition coefficient (Wildman–Crippen LogP) is 4.75. The largest absolute Gasteiger partial charge is 0.493 e. The Hall–Kier alpha value is -3.06. The molecule has 0 N–H and O–H groups in total. The number of rotatable bonds is 4. The standard InChI is InChI=1S/C21H21NO3/c1-21(2,3)17-10-8-16(9-11-17)20(23)25-18-12-7-15(6-5-13-22)14-19(18)24-4/h5-12,14H,1-4H3/b6-5-. The summed E-state index contributed by atoms with van der Waals surface area (Å²) in [5, 5.41) is 8.59. The minimum absolute atomic E-state index is 0.0262. The number of carbonyl (C=O) groups is 1. The van der Waals surface area contributed by atoms with Gasteiger partial charge >= 0.3 is 5.97 Å². The van der Waals surface area contributed by atoms with Gasteiger partial charge < -0.3 is 9.47 Å². The van der Waals surface area contributed by atoms with Gasteiger partial charge in [0.1, 0.15) is 0 Å². The number of nitriles is 1. The van der Waals surface area contributed by atoms with Crippen molar-refractivity contribution in [1.82, 2.24) is 0 Å². The summed E-state index contributed by atoms with van der Waals surface area (Å²) in [6, 6.07) is 14.4. The van der Waals surface area contributed by atoms with Gasteiger partial charge in [0, 0.05) is 6.08 Å². The van der Waals surface area contributed by atoms with Crippen molar-refractivity contribution >= 4 is 12.0 Å². The zero-order valence-electron chi connectivity index (χ0n) is 14.9. The molecule has 0 unspecified atom stereocenters. The lowest BCUT2D eigenvalue weighted by atomic mass is 9.87. The molecular formula is C21H21NO3. The van der Waals surface area contributed by atoms with Gasteiger partial charge in [-0.25, -0.2) is 4.79 Å². The number of methoxy groups -OCH3 is 1. The molecule has 0 aromatic heterocycles. The Morgan fingerprint density at radius 3 is 2.32 bits per heavy atom. The summed E-state index contributed by atoms with van der Waals surface area (Å²) in [6.07, 6.45) is 3.02. The highest BCUT2D eigenvalue weighted by atomic mass is 16.6. The molecule has 0 aliphatic rings. The molecule has 0 aliphatic carbocycles. The molecule has 0 saturated heterocycles. The maximum Gasteiger partial charge on any atom is 0.343 e. The van der Waals surface area contributed by atoms with E-state index < -0.39 is 5.97 Å². The van der Waals surface area contributed by atoms with Crippen LogP contribution in [0.3, 0.4) is 0 Å². The van der Waals surface area contributed by atoms with E-state index in [1.165, 1.54) is 13.2 Å². The number of allylic oxidation sites excluding steroid dienone is 1. The third kappa shape index (κ3) is 4.71. The van der Waals surface area contributed by atoms with Crippen molar-refractivity contribution in [3.05, 3.63) is 65.2 Å². The molecule has 0 amide bonds. The molecule has 25 heavy (non-hydrogen) atoms. The summed E-state index contributed by atoms with van der Waals surface area (Å²) in [4.78, 5) is 12.4. The van der Waals surface area contributed by atoms with Crippen molar-refractivity contribution in [2.75, 3.05) is 7.11 Å². The van der Waals surface area contributed by atoms with Crippen LogP contribution in [0, 0.1) is 11.3 Å². The number of hydrogen-bond acceptors (Lipinski definition) is 4. The SMILES string of the molecule is COc1cc(/C=C\C#N)ccc1OC(=O)c1ccc(C(C)(C)C)cc1. The van der Waals surface area contributed by atoms with Gasteiger partial charge in [-0.1, -0.05) is 39.0 Å². The maximum atomic E-state index is 12.4. The fourth-order valence-corrected chi connectivity index (χ4v) is 2.27. The van der Waals surface area contributed by atoms with E-state index >= 15 is 0 Å². The van der Waals surface area contributed by atoms with E-state index in [1.807, 2.05) is 18.2 Å². The number of benzene rings is 2.